The molecule has 98 valence electrons. The molecule has 0 radical (unpaired) electrons. The zero-order valence-electron chi connectivity index (χ0n) is 10.6. The van der Waals surface area contributed by atoms with Gasteiger partial charge in [-0.3, -0.25) is 9.78 Å². The molecule has 4 nitrogen and oxygen atoms in total. The Labute approximate surface area is 120 Å². The van der Waals surface area contributed by atoms with Crippen molar-refractivity contribution in [1.82, 2.24) is 14.9 Å². The van der Waals surface area contributed by atoms with Crippen LogP contribution in [0.5, 0.6) is 0 Å². The van der Waals surface area contributed by atoms with Crippen molar-refractivity contribution in [2.75, 3.05) is 14.1 Å². The molecule has 2 aromatic rings. The number of carbonyl (C=O) groups excluding carboxylic acids is 1. The van der Waals surface area contributed by atoms with E-state index in [2.05, 4.69) is 9.97 Å². The van der Waals surface area contributed by atoms with Crippen LogP contribution in [-0.2, 0) is 4.79 Å². The van der Waals surface area contributed by atoms with Gasteiger partial charge in [0.05, 0.1) is 15.9 Å². The number of pyridine rings is 1. The summed E-state index contributed by atoms with van der Waals surface area (Å²) in [5.74, 6) is -0.0728. The Bertz CT molecular complexity index is 646. The molecule has 0 unspecified atom stereocenters. The first-order valence-electron chi connectivity index (χ1n) is 5.59. The van der Waals surface area contributed by atoms with Crippen LogP contribution in [0.1, 0.15) is 5.56 Å². The van der Waals surface area contributed by atoms with Gasteiger partial charge in [0.25, 0.3) is 5.91 Å². The number of thiocarbonyl (C=S) groups is 1. The van der Waals surface area contributed by atoms with E-state index in [4.69, 9.17) is 12.2 Å². The summed E-state index contributed by atoms with van der Waals surface area (Å²) < 4.78 is 1.48. The highest BCUT2D eigenvalue weighted by Crippen LogP contribution is 2.23. The van der Waals surface area contributed by atoms with Crippen LogP contribution in [-0.4, -0.2) is 39.6 Å². The Balaban J connectivity index is 2.46. The molecule has 0 fully saturated rings. The molecular weight excluding hydrogens is 278 g/mol. The minimum Gasteiger partial charge on any atom is -0.359 e. The summed E-state index contributed by atoms with van der Waals surface area (Å²) in [5.41, 5.74) is 2.67. The van der Waals surface area contributed by atoms with Crippen LogP contribution in [0, 0.1) is 0 Å². The second-order valence-corrected chi connectivity index (χ2v) is 5.51. The Kier molecular flexibility index (Phi) is 4.34. The van der Waals surface area contributed by atoms with Crippen molar-refractivity contribution in [2.45, 2.75) is 0 Å². The highest BCUT2D eigenvalue weighted by atomic mass is 32.2. The summed E-state index contributed by atoms with van der Waals surface area (Å²) in [6, 6.07) is 3.81. The third-order valence-corrected chi connectivity index (χ3v) is 3.47. The smallest absolute Gasteiger partial charge is 0.260 e. The first-order valence-corrected chi connectivity index (χ1v) is 6.94. The van der Waals surface area contributed by atoms with Gasteiger partial charge >= 0.3 is 0 Å². The molecule has 0 bridgehead atoms. The van der Waals surface area contributed by atoms with Crippen molar-refractivity contribution >= 4 is 51.7 Å². The maximum Gasteiger partial charge on any atom is 0.260 e. The molecule has 2 aromatic heterocycles. The molecule has 0 aliphatic carbocycles. The molecule has 0 saturated heterocycles. The van der Waals surface area contributed by atoms with Crippen LogP contribution in [0.15, 0.2) is 29.4 Å². The lowest BCUT2D eigenvalue weighted by molar-refractivity contribution is -0.123. The van der Waals surface area contributed by atoms with Gasteiger partial charge in [-0.15, -0.1) is 0 Å². The molecule has 2 heterocycles. The number of nitrogens with zero attached hydrogens (tertiary/aromatic N) is 2. The van der Waals surface area contributed by atoms with Crippen LogP contribution in [0.3, 0.4) is 0 Å². The van der Waals surface area contributed by atoms with Crippen LogP contribution >= 0.6 is 24.0 Å². The molecule has 1 N–H and O–H groups in total. The summed E-state index contributed by atoms with van der Waals surface area (Å²) >= 11 is 6.07. The number of hydrogen-bond acceptors (Lipinski definition) is 4. The summed E-state index contributed by atoms with van der Waals surface area (Å²) in [5, 5.41) is 0. The summed E-state index contributed by atoms with van der Waals surface area (Å²) in [6.45, 7) is 0. The number of aromatic amines is 1. The minimum atomic E-state index is -0.0728. The lowest BCUT2D eigenvalue weighted by Crippen LogP contribution is -2.22. The van der Waals surface area contributed by atoms with Crippen molar-refractivity contribution in [3.63, 3.8) is 0 Å². The van der Waals surface area contributed by atoms with Crippen LogP contribution in [0.2, 0.25) is 0 Å². The third kappa shape index (κ3) is 3.02. The first kappa shape index (κ1) is 13.8. The zero-order valence-corrected chi connectivity index (χ0v) is 12.2. The maximum absolute atomic E-state index is 12.0. The fourth-order valence-electron chi connectivity index (χ4n) is 1.65. The predicted octanol–water partition coefficient (Wildman–Crippen LogP) is 2.68. The Morgan fingerprint density at radius 3 is 3.00 bits per heavy atom. The normalized spacial score (nSPS) is 11.6. The molecule has 6 heteroatoms. The second kappa shape index (κ2) is 5.99. The summed E-state index contributed by atoms with van der Waals surface area (Å²) in [7, 11) is 3.43. The van der Waals surface area contributed by atoms with Crippen molar-refractivity contribution in [1.29, 1.82) is 0 Å². The molecule has 0 aliphatic heterocycles. The van der Waals surface area contributed by atoms with Crippen molar-refractivity contribution < 1.29 is 4.79 Å². The largest absolute Gasteiger partial charge is 0.359 e. The number of carbonyl (C=O) groups is 1. The van der Waals surface area contributed by atoms with Gasteiger partial charge in [-0.25, -0.2) is 0 Å². The Hall–Kier alpha value is -1.66. The molecule has 0 saturated carbocycles. The molecule has 0 spiro atoms. The SMILES string of the molecule is CN(C)C(=O)/C(=C/c1c[nH]c2cccnc12)SC=S. The summed E-state index contributed by atoms with van der Waals surface area (Å²) in [4.78, 5) is 21.6. The standard InChI is InChI=1S/C13H13N3OS2/c1-16(2)13(17)11(19-8-18)6-9-7-15-10-4-3-5-14-12(9)10/h3-8,15H,1-2H3/b11-6-. The highest BCUT2D eigenvalue weighted by molar-refractivity contribution is 8.24. The maximum atomic E-state index is 12.0. The van der Waals surface area contributed by atoms with Gasteiger partial charge in [0, 0.05) is 36.8 Å². The van der Waals surface area contributed by atoms with Gasteiger partial charge in [0.15, 0.2) is 0 Å². The van der Waals surface area contributed by atoms with Crippen LogP contribution < -0.4 is 0 Å². The minimum absolute atomic E-state index is 0.0728. The van der Waals surface area contributed by atoms with Gasteiger partial charge in [-0.1, -0.05) is 24.0 Å². The second-order valence-electron chi connectivity index (χ2n) is 4.07. The van der Waals surface area contributed by atoms with E-state index in [1.807, 2.05) is 24.4 Å². The first-order chi connectivity index (χ1) is 9.13. The number of likely N-dealkylation sites (N-methyl/N-ethyl adjacent to an activating group) is 1. The number of rotatable bonds is 4. The zero-order chi connectivity index (χ0) is 13.8. The molecule has 1 amide bonds. The van der Waals surface area contributed by atoms with E-state index in [-0.39, 0.29) is 5.91 Å². The van der Waals surface area contributed by atoms with Crippen molar-refractivity contribution in [3.05, 3.63) is 35.0 Å². The van der Waals surface area contributed by atoms with E-state index < -0.39 is 0 Å². The van der Waals surface area contributed by atoms with E-state index in [0.717, 1.165) is 16.6 Å². The number of H-pyrrole nitrogens is 1. The lowest BCUT2D eigenvalue weighted by Gasteiger charge is -2.11. The number of aromatic nitrogens is 2. The van der Waals surface area contributed by atoms with E-state index in [9.17, 15) is 4.79 Å². The number of hydrogen-bond donors (Lipinski definition) is 1. The summed E-state index contributed by atoms with van der Waals surface area (Å²) in [6.07, 6.45) is 5.37. The van der Waals surface area contributed by atoms with Crippen LogP contribution in [0.4, 0.5) is 0 Å². The van der Waals surface area contributed by atoms with Gasteiger partial charge in [-0.05, 0) is 18.2 Å². The molecule has 19 heavy (non-hydrogen) atoms. The molecule has 0 aliphatic rings. The molecule has 0 atom stereocenters. The lowest BCUT2D eigenvalue weighted by atomic mass is 10.2. The number of thioether (sulfide) groups is 1. The van der Waals surface area contributed by atoms with Gasteiger partial charge < -0.3 is 9.88 Å². The fraction of sp³-hybridized carbons (Fsp3) is 0.154. The highest BCUT2D eigenvalue weighted by Gasteiger charge is 2.13. The van der Waals surface area contributed by atoms with E-state index in [1.165, 1.54) is 21.4 Å². The quantitative estimate of drug-likeness (QED) is 0.695. The van der Waals surface area contributed by atoms with Gasteiger partial charge in [-0.2, -0.15) is 0 Å². The van der Waals surface area contributed by atoms with Crippen LogP contribution in [0.25, 0.3) is 17.1 Å². The Morgan fingerprint density at radius 2 is 2.32 bits per heavy atom. The number of nitrogens with one attached hydrogen (secondary N) is 1. The van der Waals surface area contributed by atoms with E-state index in [1.54, 1.807) is 20.3 Å². The average molecular weight is 291 g/mol. The van der Waals surface area contributed by atoms with Gasteiger partial charge in [0.1, 0.15) is 0 Å². The van der Waals surface area contributed by atoms with Crippen molar-refractivity contribution in [3.8, 4) is 0 Å². The monoisotopic (exact) mass is 291 g/mol. The van der Waals surface area contributed by atoms with E-state index in [0.29, 0.717) is 4.91 Å². The molecule has 2 rings (SSSR count). The number of fused-ring (bicyclic) bond motifs is 1. The number of amides is 1. The Morgan fingerprint density at radius 1 is 1.53 bits per heavy atom. The van der Waals surface area contributed by atoms with Gasteiger partial charge in [0.2, 0.25) is 0 Å². The topological polar surface area (TPSA) is 49.0 Å². The predicted molar refractivity (Wildman–Crippen MR) is 84.0 cm³/mol. The fourth-order valence-corrected chi connectivity index (χ4v) is 2.54. The third-order valence-electron chi connectivity index (χ3n) is 2.54. The van der Waals surface area contributed by atoms with Crippen molar-refractivity contribution in [2.24, 2.45) is 0 Å². The average Bonchev–Trinajstić information content (AvgIpc) is 2.81. The van der Waals surface area contributed by atoms with E-state index >= 15 is 0 Å². The molecule has 0 aromatic carbocycles. The molecular formula is C13H13N3OS2.